The van der Waals surface area contributed by atoms with Gasteiger partial charge in [-0.15, -0.1) is 0 Å². The molecule has 1 fully saturated rings. The van der Waals surface area contributed by atoms with Gasteiger partial charge in [0, 0.05) is 5.69 Å². The van der Waals surface area contributed by atoms with Crippen molar-refractivity contribution in [1.29, 1.82) is 0 Å². The molecular weight excluding hydrogens is 406 g/mol. The number of amides is 3. The van der Waals surface area contributed by atoms with E-state index in [9.17, 15) is 26.8 Å². The summed E-state index contributed by atoms with van der Waals surface area (Å²) in [5.41, 5.74) is 1.26. The van der Waals surface area contributed by atoms with Crippen LogP contribution in [0.1, 0.15) is 5.56 Å². The molecular formula is C19H18F2N2O5S. The number of hydrogen-bond acceptors (Lipinski definition) is 5. The second kappa shape index (κ2) is 8.56. The Balaban J connectivity index is 1.64. The third kappa shape index (κ3) is 5.29. The Morgan fingerprint density at radius 3 is 2.45 bits per heavy atom. The predicted octanol–water partition coefficient (Wildman–Crippen LogP) is 2.40. The number of carbonyl (C=O) groups is 2. The lowest BCUT2D eigenvalue weighted by atomic mass is 10.1. The number of urea groups is 1. The number of aryl methyl sites for hydroxylation is 1. The molecule has 3 amide bonds. The highest BCUT2D eigenvalue weighted by atomic mass is 32.2. The first-order valence-corrected chi connectivity index (χ1v) is 10.3. The topological polar surface area (TPSA) is 92.8 Å². The smallest absolute Gasteiger partial charge is 0.329 e. The van der Waals surface area contributed by atoms with Gasteiger partial charge < -0.3 is 4.74 Å². The maximum absolute atomic E-state index is 12.5. The lowest BCUT2D eigenvalue weighted by Crippen LogP contribution is -2.27. The van der Waals surface area contributed by atoms with Gasteiger partial charge in [-0.25, -0.2) is 22.0 Å². The lowest BCUT2D eigenvalue weighted by molar-refractivity contribution is -0.117. The van der Waals surface area contributed by atoms with E-state index in [1.54, 1.807) is 24.3 Å². The summed E-state index contributed by atoms with van der Waals surface area (Å²) in [5.74, 6) is -0.507. The van der Waals surface area contributed by atoms with Crippen molar-refractivity contribution in [3.05, 3.63) is 54.1 Å². The summed E-state index contributed by atoms with van der Waals surface area (Å²) in [7, 11) is -3.65. The van der Waals surface area contributed by atoms with Crippen LogP contribution in [-0.2, 0) is 21.1 Å². The number of benzene rings is 2. The van der Waals surface area contributed by atoms with Gasteiger partial charge >= 0.3 is 6.03 Å². The molecule has 0 radical (unpaired) electrons. The molecule has 1 aliphatic rings. The molecule has 1 saturated heterocycles. The Kier molecular flexibility index (Phi) is 6.12. The Morgan fingerprint density at radius 1 is 1.10 bits per heavy atom. The van der Waals surface area contributed by atoms with Crippen LogP contribution in [0.5, 0.6) is 5.75 Å². The van der Waals surface area contributed by atoms with E-state index >= 15 is 0 Å². The third-order valence-corrected chi connectivity index (χ3v) is 5.96. The minimum Gasteiger partial charge on any atom is -0.488 e. The molecule has 154 valence electrons. The van der Waals surface area contributed by atoms with Gasteiger partial charge in [0.1, 0.15) is 18.9 Å². The largest absolute Gasteiger partial charge is 0.488 e. The van der Waals surface area contributed by atoms with E-state index in [1.807, 2.05) is 0 Å². The first kappa shape index (κ1) is 20.7. The maximum atomic E-state index is 12.5. The van der Waals surface area contributed by atoms with Gasteiger partial charge in [0.05, 0.1) is 10.6 Å². The molecule has 3 rings (SSSR count). The minimum absolute atomic E-state index is 0.00635. The molecule has 0 aliphatic carbocycles. The van der Waals surface area contributed by atoms with Crippen LogP contribution in [0.4, 0.5) is 19.3 Å². The fourth-order valence-electron chi connectivity index (χ4n) is 2.78. The van der Waals surface area contributed by atoms with E-state index < -0.39 is 28.9 Å². The van der Waals surface area contributed by atoms with E-state index in [4.69, 9.17) is 4.74 Å². The van der Waals surface area contributed by atoms with Gasteiger partial charge in [-0.3, -0.25) is 15.0 Å². The van der Waals surface area contributed by atoms with Gasteiger partial charge in [0.25, 0.3) is 6.43 Å². The number of imide groups is 1. The Bertz CT molecular complexity index is 1010. The molecule has 0 atom stereocenters. The number of alkyl halides is 2. The summed E-state index contributed by atoms with van der Waals surface area (Å²) < 4.78 is 54.5. The van der Waals surface area contributed by atoms with Crippen molar-refractivity contribution in [3.8, 4) is 5.75 Å². The summed E-state index contributed by atoms with van der Waals surface area (Å²) >= 11 is 0. The van der Waals surface area contributed by atoms with Crippen molar-refractivity contribution in [1.82, 2.24) is 5.32 Å². The van der Waals surface area contributed by atoms with E-state index in [0.29, 0.717) is 5.69 Å². The Morgan fingerprint density at radius 2 is 1.83 bits per heavy atom. The van der Waals surface area contributed by atoms with Gasteiger partial charge in [0.2, 0.25) is 5.91 Å². The molecule has 0 spiro atoms. The normalized spacial score (nSPS) is 14.4. The second-order valence-electron chi connectivity index (χ2n) is 6.35. The molecule has 29 heavy (non-hydrogen) atoms. The average Bonchev–Trinajstić information content (AvgIpc) is 3.03. The number of nitrogens with zero attached hydrogens (tertiary/aromatic N) is 1. The molecule has 0 unspecified atom stereocenters. The van der Waals surface area contributed by atoms with Crippen LogP contribution >= 0.6 is 0 Å². The maximum Gasteiger partial charge on any atom is 0.329 e. The van der Waals surface area contributed by atoms with E-state index in [-0.39, 0.29) is 35.3 Å². The van der Waals surface area contributed by atoms with Crippen molar-refractivity contribution < 1.29 is 31.5 Å². The first-order chi connectivity index (χ1) is 13.7. The number of hydrogen-bond donors (Lipinski definition) is 1. The molecule has 0 aromatic heterocycles. The molecule has 1 N–H and O–H groups in total. The molecule has 2 aromatic carbocycles. The van der Waals surface area contributed by atoms with Crippen LogP contribution in [0, 0.1) is 0 Å². The van der Waals surface area contributed by atoms with E-state index in [0.717, 1.165) is 5.56 Å². The number of anilines is 1. The quantitative estimate of drug-likeness (QED) is 0.657. The van der Waals surface area contributed by atoms with Gasteiger partial charge in [-0.05, 0) is 42.3 Å². The Hall–Kier alpha value is -3.01. The van der Waals surface area contributed by atoms with Crippen LogP contribution in [0.2, 0.25) is 0 Å². The minimum atomic E-state index is -3.65. The molecule has 1 heterocycles. The fourth-order valence-corrected chi connectivity index (χ4v) is 4.10. The lowest BCUT2D eigenvalue weighted by Gasteiger charge is -2.13. The van der Waals surface area contributed by atoms with Crippen LogP contribution in [0.25, 0.3) is 0 Å². The van der Waals surface area contributed by atoms with Crippen molar-refractivity contribution in [3.63, 3.8) is 0 Å². The van der Waals surface area contributed by atoms with Crippen LogP contribution < -0.4 is 15.0 Å². The highest BCUT2D eigenvalue weighted by molar-refractivity contribution is 7.91. The van der Waals surface area contributed by atoms with Gasteiger partial charge in [-0.2, -0.15) is 0 Å². The predicted molar refractivity (Wildman–Crippen MR) is 101 cm³/mol. The van der Waals surface area contributed by atoms with Crippen LogP contribution in [0.3, 0.4) is 0 Å². The Labute approximate surface area is 166 Å². The zero-order chi connectivity index (χ0) is 21.0. The van der Waals surface area contributed by atoms with E-state index in [1.165, 1.54) is 29.2 Å². The number of ether oxygens (including phenoxy) is 1. The summed E-state index contributed by atoms with van der Waals surface area (Å²) in [6.07, 6.45) is -2.43. The van der Waals surface area contributed by atoms with Crippen molar-refractivity contribution >= 4 is 27.5 Å². The molecule has 1 aliphatic heterocycles. The number of rotatable bonds is 8. The molecule has 7 nitrogen and oxygen atoms in total. The second-order valence-corrected chi connectivity index (χ2v) is 8.46. The van der Waals surface area contributed by atoms with Gasteiger partial charge in [-0.1, -0.05) is 18.2 Å². The van der Waals surface area contributed by atoms with Gasteiger partial charge in [0.15, 0.2) is 9.84 Å². The fraction of sp³-hybridized carbons (Fsp3) is 0.263. The first-order valence-electron chi connectivity index (χ1n) is 8.69. The molecule has 2 aromatic rings. The zero-order valence-electron chi connectivity index (χ0n) is 15.2. The van der Waals surface area contributed by atoms with Crippen molar-refractivity contribution in [2.75, 3.05) is 23.8 Å². The number of carbonyl (C=O) groups excluding carboxylic acids is 2. The zero-order valence-corrected chi connectivity index (χ0v) is 16.0. The standard InChI is InChI=1S/C19H18F2N2O5S/c20-17(21)12-28-15-2-1-3-16(10-15)29(26,27)9-8-13-4-6-14(7-5-13)23-11-18(24)22-19(23)25/h1-7,10,17H,8-9,11-12H2,(H,22,24,25). The molecule has 0 saturated carbocycles. The SMILES string of the molecule is O=C1CN(c2ccc(CCS(=O)(=O)c3cccc(OCC(F)F)c3)cc2)C(=O)N1. The molecule has 0 bridgehead atoms. The highest BCUT2D eigenvalue weighted by Gasteiger charge is 2.27. The van der Waals surface area contributed by atoms with E-state index in [2.05, 4.69) is 5.32 Å². The number of sulfone groups is 1. The monoisotopic (exact) mass is 424 g/mol. The van der Waals surface area contributed by atoms with Crippen molar-refractivity contribution in [2.45, 2.75) is 17.7 Å². The van der Waals surface area contributed by atoms with Crippen LogP contribution in [-0.4, -0.2) is 45.7 Å². The van der Waals surface area contributed by atoms with Crippen molar-refractivity contribution in [2.24, 2.45) is 0 Å². The highest BCUT2D eigenvalue weighted by Crippen LogP contribution is 2.21. The average molecular weight is 424 g/mol. The number of halogens is 2. The summed E-state index contributed by atoms with van der Waals surface area (Å²) in [4.78, 5) is 24.2. The summed E-state index contributed by atoms with van der Waals surface area (Å²) in [5, 5.41) is 2.18. The summed E-state index contributed by atoms with van der Waals surface area (Å²) in [6.45, 7) is -0.868. The van der Waals surface area contributed by atoms with Crippen LogP contribution in [0.15, 0.2) is 53.4 Å². The molecule has 10 heteroatoms. The number of nitrogens with one attached hydrogen (secondary N) is 1. The summed E-state index contributed by atoms with van der Waals surface area (Å²) in [6, 6.07) is 11.6. The third-order valence-electron chi connectivity index (χ3n) is 4.24.